The normalized spacial score (nSPS) is 24.8. The number of rotatable bonds is 4. The first kappa shape index (κ1) is 17.9. The molecular weight excluding hydrogens is 346 g/mol. The van der Waals surface area contributed by atoms with Gasteiger partial charge in [-0.05, 0) is 38.0 Å². The number of sulfonamides is 1. The molecule has 0 aliphatic carbocycles. The van der Waals surface area contributed by atoms with Gasteiger partial charge in [0.2, 0.25) is 16.1 Å². The molecule has 25 heavy (non-hydrogen) atoms. The van der Waals surface area contributed by atoms with Crippen molar-refractivity contribution >= 4 is 22.0 Å². The van der Waals surface area contributed by atoms with Crippen LogP contribution in [0.1, 0.15) is 43.0 Å². The fraction of sp³-hybridized carbons (Fsp3) is 0.529. The summed E-state index contributed by atoms with van der Waals surface area (Å²) in [7, 11) is -3.67. The van der Waals surface area contributed by atoms with Crippen molar-refractivity contribution in [1.29, 1.82) is 0 Å². The summed E-state index contributed by atoms with van der Waals surface area (Å²) in [6, 6.07) is 5.69. The second-order valence-electron chi connectivity index (χ2n) is 6.34. The number of esters is 2. The quantitative estimate of drug-likeness (QED) is 0.753. The van der Waals surface area contributed by atoms with E-state index in [4.69, 9.17) is 9.47 Å². The smallest absolute Gasteiger partial charge is 0.347 e. The number of cyclic esters (lactones) is 1. The zero-order valence-electron chi connectivity index (χ0n) is 14.0. The van der Waals surface area contributed by atoms with Gasteiger partial charge in [-0.3, -0.25) is 0 Å². The van der Waals surface area contributed by atoms with Gasteiger partial charge in [0.25, 0.3) is 0 Å². The lowest BCUT2D eigenvalue weighted by Gasteiger charge is -2.32. The predicted molar refractivity (Wildman–Crippen MR) is 88.4 cm³/mol. The molecule has 0 radical (unpaired) electrons. The van der Waals surface area contributed by atoms with Crippen molar-refractivity contribution in [3.63, 3.8) is 0 Å². The second kappa shape index (κ2) is 7.13. The summed E-state index contributed by atoms with van der Waals surface area (Å²) < 4.78 is 37.1. The molecule has 0 unspecified atom stereocenters. The van der Waals surface area contributed by atoms with E-state index in [2.05, 4.69) is 0 Å². The highest BCUT2D eigenvalue weighted by Crippen LogP contribution is 2.26. The number of nitrogens with zero attached hydrogens (tertiary/aromatic N) is 1. The summed E-state index contributed by atoms with van der Waals surface area (Å²) >= 11 is 0. The fourth-order valence-corrected chi connectivity index (χ4v) is 4.88. The first-order chi connectivity index (χ1) is 11.9. The van der Waals surface area contributed by atoms with Crippen LogP contribution in [0.15, 0.2) is 29.2 Å². The van der Waals surface area contributed by atoms with Gasteiger partial charge in [0.15, 0.2) is 0 Å². The molecule has 136 valence electrons. The van der Waals surface area contributed by atoms with Crippen LogP contribution >= 0.6 is 0 Å². The number of hydrogen-bond donors (Lipinski definition) is 0. The van der Waals surface area contributed by atoms with Crippen LogP contribution in [0.4, 0.5) is 0 Å². The van der Waals surface area contributed by atoms with Gasteiger partial charge in [-0.2, -0.15) is 4.31 Å². The molecule has 0 saturated carbocycles. The van der Waals surface area contributed by atoms with Crippen LogP contribution < -0.4 is 0 Å². The van der Waals surface area contributed by atoms with E-state index in [1.54, 1.807) is 0 Å². The molecule has 0 aromatic heterocycles. The minimum atomic E-state index is -3.67. The average Bonchev–Trinajstić information content (AvgIpc) is 3.00. The molecule has 0 bridgehead atoms. The molecule has 2 atom stereocenters. The van der Waals surface area contributed by atoms with E-state index in [-0.39, 0.29) is 23.1 Å². The topological polar surface area (TPSA) is 90.0 Å². The third kappa shape index (κ3) is 3.69. The van der Waals surface area contributed by atoms with Crippen molar-refractivity contribution in [2.75, 3.05) is 13.2 Å². The van der Waals surface area contributed by atoms with E-state index in [9.17, 15) is 18.0 Å². The van der Waals surface area contributed by atoms with Crippen LogP contribution in [0.5, 0.6) is 0 Å². The Balaban J connectivity index is 1.80. The van der Waals surface area contributed by atoms with Gasteiger partial charge in [0.05, 0.1) is 17.1 Å². The van der Waals surface area contributed by atoms with Gasteiger partial charge in [-0.15, -0.1) is 0 Å². The summed E-state index contributed by atoms with van der Waals surface area (Å²) in [4.78, 5) is 23.7. The Morgan fingerprint density at radius 2 is 2.08 bits per heavy atom. The van der Waals surface area contributed by atoms with Gasteiger partial charge < -0.3 is 9.47 Å². The van der Waals surface area contributed by atoms with E-state index in [0.717, 1.165) is 19.3 Å². The minimum absolute atomic E-state index is 0.0599. The lowest BCUT2D eigenvalue weighted by Crippen LogP contribution is -2.41. The number of ether oxygens (including phenoxy) is 2. The molecule has 1 aromatic rings. The first-order valence-corrected chi connectivity index (χ1v) is 9.83. The maximum absolute atomic E-state index is 12.9. The number of carbonyl (C=O) groups is 2. The van der Waals surface area contributed by atoms with E-state index >= 15 is 0 Å². The monoisotopic (exact) mass is 367 g/mol. The van der Waals surface area contributed by atoms with E-state index in [0.29, 0.717) is 13.0 Å². The van der Waals surface area contributed by atoms with Crippen molar-refractivity contribution < 1.29 is 27.5 Å². The van der Waals surface area contributed by atoms with Crippen LogP contribution in [-0.2, 0) is 24.3 Å². The average molecular weight is 367 g/mol. The Morgan fingerprint density at radius 3 is 2.76 bits per heavy atom. The number of benzene rings is 1. The largest absolute Gasteiger partial charge is 0.463 e. The molecule has 8 heteroatoms. The number of carbonyl (C=O) groups excluding carboxylic acids is 2. The minimum Gasteiger partial charge on any atom is -0.463 e. The van der Waals surface area contributed by atoms with E-state index in [1.165, 1.54) is 28.6 Å². The standard InChI is InChI=1S/C17H21NO6S/c1-12-5-2-3-9-18(12)25(21,22)14-7-4-6-13(11-14)16(19)24-15-8-10-23-17(15)20/h4,6-7,11-12,15H,2-3,5,8-10H2,1H3/t12-,15+/m0/s1. The zero-order chi connectivity index (χ0) is 18.0. The molecule has 7 nitrogen and oxygen atoms in total. The molecule has 2 aliphatic rings. The van der Waals surface area contributed by atoms with E-state index in [1.807, 2.05) is 6.92 Å². The summed E-state index contributed by atoms with van der Waals surface area (Å²) in [6.45, 7) is 2.59. The van der Waals surface area contributed by atoms with Crippen LogP contribution in [0.2, 0.25) is 0 Å². The Bertz CT molecular complexity index is 775. The van der Waals surface area contributed by atoms with Crippen molar-refractivity contribution in [1.82, 2.24) is 4.31 Å². The highest BCUT2D eigenvalue weighted by Gasteiger charge is 2.33. The molecule has 2 saturated heterocycles. The van der Waals surface area contributed by atoms with Gasteiger partial charge >= 0.3 is 11.9 Å². The summed E-state index contributed by atoms with van der Waals surface area (Å²) in [5.41, 5.74) is 0.102. The molecular formula is C17H21NO6S. The van der Waals surface area contributed by atoms with Crippen molar-refractivity contribution in [2.24, 2.45) is 0 Å². The van der Waals surface area contributed by atoms with Crippen LogP contribution in [0.25, 0.3) is 0 Å². The van der Waals surface area contributed by atoms with Crippen molar-refractivity contribution in [3.05, 3.63) is 29.8 Å². The lowest BCUT2D eigenvalue weighted by molar-refractivity contribution is -0.145. The summed E-state index contributed by atoms with van der Waals surface area (Å²) in [5.74, 6) is -1.30. The molecule has 0 amide bonds. The van der Waals surface area contributed by atoms with Gasteiger partial charge in [-0.1, -0.05) is 12.5 Å². The number of piperidine rings is 1. The highest BCUT2D eigenvalue weighted by molar-refractivity contribution is 7.89. The highest BCUT2D eigenvalue weighted by atomic mass is 32.2. The van der Waals surface area contributed by atoms with Crippen molar-refractivity contribution in [3.8, 4) is 0 Å². The molecule has 3 rings (SSSR count). The summed E-state index contributed by atoms with van der Waals surface area (Å²) in [6.07, 6.45) is 2.06. The van der Waals surface area contributed by atoms with E-state index < -0.39 is 28.1 Å². The molecule has 0 N–H and O–H groups in total. The van der Waals surface area contributed by atoms with Crippen LogP contribution in [-0.4, -0.2) is 50.0 Å². The Kier molecular flexibility index (Phi) is 5.10. The molecule has 2 aliphatic heterocycles. The molecule has 2 fully saturated rings. The summed E-state index contributed by atoms with van der Waals surface area (Å²) in [5, 5.41) is 0. The van der Waals surface area contributed by atoms with Crippen LogP contribution in [0.3, 0.4) is 0 Å². The lowest BCUT2D eigenvalue weighted by atomic mass is 10.1. The Morgan fingerprint density at radius 1 is 1.28 bits per heavy atom. The third-order valence-corrected chi connectivity index (χ3v) is 6.56. The molecule has 0 spiro atoms. The SMILES string of the molecule is C[C@H]1CCCCN1S(=O)(=O)c1cccc(C(=O)O[C@@H]2CCOC2=O)c1. The van der Waals surface area contributed by atoms with Gasteiger partial charge in [0, 0.05) is 19.0 Å². The maximum Gasteiger partial charge on any atom is 0.347 e. The predicted octanol–water partition coefficient (Wildman–Crippen LogP) is 1.72. The first-order valence-electron chi connectivity index (χ1n) is 8.39. The Labute approximate surface area is 147 Å². The second-order valence-corrected chi connectivity index (χ2v) is 8.23. The maximum atomic E-state index is 12.9. The third-order valence-electron chi connectivity index (χ3n) is 4.55. The zero-order valence-corrected chi connectivity index (χ0v) is 14.8. The fourth-order valence-electron chi connectivity index (χ4n) is 3.13. The molecule has 1 aromatic carbocycles. The number of hydrogen-bond acceptors (Lipinski definition) is 6. The van der Waals surface area contributed by atoms with Gasteiger partial charge in [0.1, 0.15) is 0 Å². The van der Waals surface area contributed by atoms with Crippen molar-refractivity contribution in [2.45, 2.75) is 49.6 Å². The molecule has 2 heterocycles. The van der Waals surface area contributed by atoms with Gasteiger partial charge in [-0.25, -0.2) is 18.0 Å². The van der Waals surface area contributed by atoms with Crippen LogP contribution in [0, 0.1) is 0 Å². The Hall–Kier alpha value is -1.93.